The van der Waals surface area contributed by atoms with Crippen LogP contribution >= 0.6 is 24.8 Å². The van der Waals surface area contributed by atoms with Gasteiger partial charge in [0.05, 0.1) is 12.2 Å². The molecule has 136 valence electrons. The fourth-order valence-electron chi connectivity index (χ4n) is 3.09. The molecule has 26 heavy (non-hydrogen) atoms. The molecule has 4 heterocycles. The predicted octanol–water partition coefficient (Wildman–Crippen LogP) is 2.28. The van der Waals surface area contributed by atoms with E-state index in [4.69, 9.17) is 9.73 Å². The van der Waals surface area contributed by atoms with E-state index in [-0.39, 0.29) is 24.8 Å². The van der Waals surface area contributed by atoms with E-state index in [1.807, 2.05) is 30.6 Å². The van der Waals surface area contributed by atoms with Crippen LogP contribution in [0.4, 0.5) is 0 Å². The third kappa shape index (κ3) is 3.18. The average Bonchev–Trinajstić information content (AvgIpc) is 3.33. The van der Waals surface area contributed by atoms with Crippen LogP contribution in [0.2, 0.25) is 0 Å². The molecular weight excluding hydrogens is 377 g/mol. The summed E-state index contributed by atoms with van der Waals surface area (Å²) >= 11 is 0. The van der Waals surface area contributed by atoms with Crippen molar-refractivity contribution in [3.05, 3.63) is 47.9 Å². The molecular formula is C16H17Cl2N7O. The molecule has 0 saturated carbocycles. The first kappa shape index (κ1) is 18.4. The normalized spacial score (nSPS) is 13.1. The first-order valence-corrected chi connectivity index (χ1v) is 7.87. The number of hydrogen-bond acceptors (Lipinski definition) is 6. The molecule has 0 bridgehead atoms. The highest BCUT2D eigenvalue weighted by Gasteiger charge is 2.16. The SMILES string of the molecule is Cl.Cl.c1cn(Cc2ccc3nonc3c2)c(-c2cc3n(n2)CCNC3)n1. The van der Waals surface area contributed by atoms with Gasteiger partial charge in [-0.15, -0.1) is 24.8 Å². The summed E-state index contributed by atoms with van der Waals surface area (Å²) in [4.78, 5) is 4.50. The summed E-state index contributed by atoms with van der Waals surface area (Å²) in [6.45, 7) is 3.39. The van der Waals surface area contributed by atoms with Crippen molar-refractivity contribution in [2.24, 2.45) is 0 Å². The Kier molecular flexibility index (Phi) is 5.26. The van der Waals surface area contributed by atoms with Crippen molar-refractivity contribution in [3.8, 4) is 11.5 Å². The highest BCUT2D eigenvalue weighted by atomic mass is 35.5. The lowest BCUT2D eigenvalue weighted by Gasteiger charge is -2.13. The maximum Gasteiger partial charge on any atom is 0.160 e. The van der Waals surface area contributed by atoms with E-state index >= 15 is 0 Å². The van der Waals surface area contributed by atoms with Crippen LogP contribution < -0.4 is 5.32 Å². The van der Waals surface area contributed by atoms with Crippen LogP contribution in [0.15, 0.2) is 41.3 Å². The third-order valence-corrected chi connectivity index (χ3v) is 4.29. The second-order valence-corrected chi connectivity index (χ2v) is 5.89. The summed E-state index contributed by atoms with van der Waals surface area (Å²) in [7, 11) is 0. The molecule has 0 radical (unpaired) electrons. The molecule has 1 aliphatic heterocycles. The zero-order valence-electron chi connectivity index (χ0n) is 13.7. The van der Waals surface area contributed by atoms with Gasteiger partial charge in [-0.3, -0.25) is 4.68 Å². The number of nitrogens with zero attached hydrogens (tertiary/aromatic N) is 6. The van der Waals surface area contributed by atoms with Gasteiger partial charge >= 0.3 is 0 Å². The van der Waals surface area contributed by atoms with Crippen LogP contribution in [0.25, 0.3) is 22.6 Å². The third-order valence-electron chi connectivity index (χ3n) is 4.29. The van der Waals surface area contributed by atoms with E-state index in [9.17, 15) is 0 Å². The Morgan fingerprint density at radius 1 is 1.12 bits per heavy atom. The fourth-order valence-corrected chi connectivity index (χ4v) is 3.09. The minimum absolute atomic E-state index is 0. The van der Waals surface area contributed by atoms with Crippen molar-refractivity contribution in [1.29, 1.82) is 0 Å². The van der Waals surface area contributed by atoms with Crippen LogP contribution in [0.5, 0.6) is 0 Å². The lowest BCUT2D eigenvalue weighted by atomic mass is 10.2. The monoisotopic (exact) mass is 393 g/mol. The van der Waals surface area contributed by atoms with Gasteiger partial charge < -0.3 is 9.88 Å². The standard InChI is InChI=1S/C16H15N7O.2ClH/c1-2-13-14(21-24-20-13)7-11(1)10-22-5-4-18-16(22)15-8-12-9-17-3-6-23(12)19-15;;/h1-2,4-5,7-8,17H,3,6,9-10H2;2*1H. The zero-order chi connectivity index (χ0) is 15.9. The molecule has 0 spiro atoms. The molecule has 0 saturated heterocycles. The van der Waals surface area contributed by atoms with Crippen LogP contribution in [-0.2, 0) is 19.6 Å². The Morgan fingerprint density at radius 3 is 2.88 bits per heavy atom. The average molecular weight is 394 g/mol. The largest absolute Gasteiger partial charge is 0.325 e. The van der Waals surface area contributed by atoms with E-state index in [0.717, 1.165) is 47.7 Å². The minimum atomic E-state index is 0. The van der Waals surface area contributed by atoms with Gasteiger partial charge in [0.15, 0.2) is 5.82 Å². The van der Waals surface area contributed by atoms with E-state index in [1.165, 1.54) is 5.69 Å². The number of benzene rings is 1. The van der Waals surface area contributed by atoms with Crippen molar-refractivity contribution in [1.82, 2.24) is 35.0 Å². The second kappa shape index (κ2) is 7.45. The quantitative estimate of drug-likeness (QED) is 0.574. The molecule has 0 fully saturated rings. The summed E-state index contributed by atoms with van der Waals surface area (Å²) in [6.07, 6.45) is 3.78. The lowest BCUT2D eigenvalue weighted by molar-refractivity contribution is 0.315. The molecule has 4 aromatic rings. The molecule has 0 aliphatic carbocycles. The zero-order valence-corrected chi connectivity index (χ0v) is 15.3. The molecule has 5 rings (SSSR count). The molecule has 0 atom stereocenters. The smallest absolute Gasteiger partial charge is 0.160 e. The van der Waals surface area contributed by atoms with Gasteiger partial charge in [0.1, 0.15) is 16.7 Å². The fraction of sp³-hybridized carbons (Fsp3) is 0.250. The maximum absolute atomic E-state index is 4.76. The number of aromatic nitrogens is 6. The van der Waals surface area contributed by atoms with E-state index in [2.05, 4.69) is 35.9 Å². The lowest BCUT2D eigenvalue weighted by Crippen LogP contribution is -2.28. The first-order valence-electron chi connectivity index (χ1n) is 7.87. The number of fused-ring (bicyclic) bond motifs is 2. The van der Waals surface area contributed by atoms with Crippen molar-refractivity contribution >= 4 is 35.8 Å². The van der Waals surface area contributed by atoms with Crippen molar-refractivity contribution in [3.63, 3.8) is 0 Å². The highest BCUT2D eigenvalue weighted by Crippen LogP contribution is 2.21. The molecule has 3 aromatic heterocycles. The van der Waals surface area contributed by atoms with Crippen molar-refractivity contribution < 1.29 is 4.63 Å². The maximum atomic E-state index is 4.76. The molecule has 0 unspecified atom stereocenters. The van der Waals surface area contributed by atoms with E-state index in [1.54, 1.807) is 0 Å². The van der Waals surface area contributed by atoms with Gasteiger partial charge in [-0.25, -0.2) is 9.61 Å². The Bertz CT molecular complexity index is 999. The summed E-state index contributed by atoms with van der Waals surface area (Å²) in [5.74, 6) is 0.871. The summed E-state index contributed by atoms with van der Waals surface area (Å²) in [5.41, 5.74) is 4.74. The number of imidazole rings is 1. The number of nitrogens with one attached hydrogen (secondary N) is 1. The summed E-state index contributed by atoms with van der Waals surface area (Å²) in [6, 6.07) is 8.03. The van der Waals surface area contributed by atoms with Gasteiger partial charge in [-0.1, -0.05) is 6.07 Å². The Balaban J connectivity index is 0.000000980. The highest BCUT2D eigenvalue weighted by molar-refractivity contribution is 5.85. The van der Waals surface area contributed by atoms with Crippen molar-refractivity contribution in [2.45, 2.75) is 19.6 Å². The molecule has 1 aromatic carbocycles. The Morgan fingerprint density at radius 2 is 2.00 bits per heavy atom. The van der Waals surface area contributed by atoms with Crippen LogP contribution in [0.1, 0.15) is 11.3 Å². The molecule has 0 amide bonds. The number of halogens is 2. The van der Waals surface area contributed by atoms with E-state index in [0.29, 0.717) is 6.54 Å². The van der Waals surface area contributed by atoms with Gasteiger partial charge in [0.25, 0.3) is 0 Å². The Labute approximate surface area is 161 Å². The summed E-state index contributed by atoms with van der Waals surface area (Å²) in [5, 5.41) is 15.8. The van der Waals surface area contributed by atoms with Crippen LogP contribution in [-0.4, -0.2) is 36.2 Å². The molecule has 1 N–H and O–H groups in total. The molecule has 8 nitrogen and oxygen atoms in total. The second-order valence-electron chi connectivity index (χ2n) is 5.89. The van der Waals surface area contributed by atoms with Crippen molar-refractivity contribution in [2.75, 3.05) is 6.54 Å². The number of hydrogen-bond donors (Lipinski definition) is 1. The van der Waals surface area contributed by atoms with Crippen LogP contribution in [0.3, 0.4) is 0 Å². The predicted molar refractivity (Wildman–Crippen MR) is 101 cm³/mol. The van der Waals surface area contributed by atoms with Gasteiger partial charge in [-0.05, 0) is 34.1 Å². The van der Waals surface area contributed by atoms with Crippen LogP contribution in [0, 0.1) is 0 Å². The number of rotatable bonds is 3. The van der Waals surface area contributed by atoms with E-state index < -0.39 is 0 Å². The molecule has 1 aliphatic rings. The minimum Gasteiger partial charge on any atom is -0.325 e. The van der Waals surface area contributed by atoms with Gasteiger partial charge in [0.2, 0.25) is 0 Å². The summed E-state index contributed by atoms with van der Waals surface area (Å²) < 4.78 is 8.90. The Hall–Kier alpha value is -2.42. The first-order chi connectivity index (χ1) is 11.9. The van der Waals surface area contributed by atoms with Gasteiger partial charge in [-0.2, -0.15) is 5.10 Å². The topological polar surface area (TPSA) is 86.6 Å². The molecule has 10 heteroatoms. The van der Waals surface area contributed by atoms with Gasteiger partial charge in [0, 0.05) is 32.0 Å².